The molecular weight excluding hydrogens is 322 g/mol. The molecule has 1 aliphatic heterocycles. The molecule has 0 radical (unpaired) electrons. The standard InChI is InChI=1S/C20H16FO2P/c21-16-13-11-15(12-14-16)19-20(23-19)24(22,17-7-3-1-4-8-17)18-9-5-2-6-10-18/h1-14,19-20H/t19-,20-/m0/s1. The van der Waals surface area contributed by atoms with Crippen molar-refractivity contribution in [2.45, 2.75) is 11.9 Å². The summed E-state index contributed by atoms with van der Waals surface area (Å²) in [7, 11) is -2.93. The van der Waals surface area contributed by atoms with Crippen LogP contribution in [0.25, 0.3) is 0 Å². The molecule has 0 spiro atoms. The number of hydrogen-bond acceptors (Lipinski definition) is 2. The van der Waals surface area contributed by atoms with E-state index in [-0.39, 0.29) is 11.9 Å². The molecule has 3 aromatic rings. The van der Waals surface area contributed by atoms with E-state index in [1.807, 2.05) is 60.7 Å². The van der Waals surface area contributed by atoms with E-state index in [9.17, 15) is 8.96 Å². The normalized spacial score (nSPS) is 19.9. The van der Waals surface area contributed by atoms with Gasteiger partial charge in [0.15, 0.2) is 7.14 Å². The van der Waals surface area contributed by atoms with Gasteiger partial charge in [-0.05, 0) is 17.7 Å². The molecule has 1 heterocycles. The molecule has 2 nitrogen and oxygen atoms in total. The summed E-state index contributed by atoms with van der Waals surface area (Å²) in [6, 6.07) is 25.1. The van der Waals surface area contributed by atoms with Gasteiger partial charge in [0.05, 0.1) is 0 Å². The molecule has 1 saturated heterocycles. The van der Waals surface area contributed by atoms with Gasteiger partial charge >= 0.3 is 0 Å². The maximum atomic E-state index is 14.0. The fraction of sp³-hybridized carbons (Fsp3) is 0.100. The van der Waals surface area contributed by atoms with Crippen LogP contribution in [-0.2, 0) is 9.30 Å². The van der Waals surface area contributed by atoms with Crippen molar-refractivity contribution in [3.8, 4) is 0 Å². The highest BCUT2D eigenvalue weighted by Gasteiger charge is 2.54. The molecule has 0 saturated carbocycles. The SMILES string of the molecule is O=P(c1ccccc1)(c1ccccc1)[C@@H]1O[C@H]1c1ccc(F)cc1. The zero-order valence-electron chi connectivity index (χ0n) is 12.9. The number of epoxide rings is 1. The van der Waals surface area contributed by atoms with Gasteiger partial charge in [0.25, 0.3) is 0 Å². The second kappa shape index (κ2) is 6.01. The van der Waals surface area contributed by atoms with Gasteiger partial charge in [-0.3, -0.25) is 0 Å². The molecule has 0 amide bonds. The summed E-state index contributed by atoms with van der Waals surface area (Å²) in [5.74, 6) is -0.696. The maximum absolute atomic E-state index is 14.0. The molecule has 120 valence electrons. The van der Waals surface area contributed by atoms with Crippen molar-refractivity contribution in [1.29, 1.82) is 0 Å². The Labute approximate surface area is 140 Å². The Kier molecular flexibility index (Phi) is 3.84. The maximum Gasteiger partial charge on any atom is 0.173 e. The molecule has 3 aromatic carbocycles. The summed E-state index contributed by atoms with van der Waals surface area (Å²) in [4.78, 5) is 0. The van der Waals surface area contributed by atoms with E-state index in [1.54, 1.807) is 12.1 Å². The van der Waals surface area contributed by atoms with Crippen molar-refractivity contribution >= 4 is 17.8 Å². The van der Waals surface area contributed by atoms with Gasteiger partial charge in [-0.15, -0.1) is 0 Å². The fourth-order valence-electron chi connectivity index (χ4n) is 3.02. The zero-order valence-corrected chi connectivity index (χ0v) is 13.8. The summed E-state index contributed by atoms with van der Waals surface area (Å²) in [6.07, 6.45) is -0.267. The van der Waals surface area contributed by atoms with Crippen LogP contribution in [0.1, 0.15) is 11.7 Å². The molecule has 1 fully saturated rings. The predicted molar refractivity (Wildman–Crippen MR) is 93.8 cm³/mol. The quantitative estimate of drug-likeness (QED) is 0.526. The van der Waals surface area contributed by atoms with E-state index in [4.69, 9.17) is 4.74 Å². The minimum Gasteiger partial charge on any atom is -0.356 e. The van der Waals surface area contributed by atoms with Crippen LogP contribution in [0.2, 0.25) is 0 Å². The molecule has 0 aromatic heterocycles. The number of hydrogen-bond donors (Lipinski definition) is 0. The van der Waals surface area contributed by atoms with Crippen molar-refractivity contribution in [2.75, 3.05) is 0 Å². The molecule has 0 N–H and O–H groups in total. The summed E-state index contributed by atoms with van der Waals surface area (Å²) < 4.78 is 33.0. The van der Waals surface area contributed by atoms with Crippen LogP contribution in [0, 0.1) is 5.82 Å². The Morgan fingerprint density at radius 3 is 1.75 bits per heavy atom. The largest absolute Gasteiger partial charge is 0.356 e. The van der Waals surface area contributed by atoms with Crippen LogP contribution < -0.4 is 10.6 Å². The average Bonchev–Trinajstić information content (AvgIpc) is 3.44. The molecule has 0 aliphatic carbocycles. The predicted octanol–water partition coefficient (Wildman–Crippen LogP) is 4.24. The molecule has 4 rings (SSSR count). The lowest BCUT2D eigenvalue weighted by Gasteiger charge is -2.17. The lowest BCUT2D eigenvalue weighted by atomic mass is 10.2. The lowest BCUT2D eigenvalue weighted by molar-refractivity contribution is 0.400. The van der Waals surface area contributed by atoms with Gasteiger partial charge in [-0.25, -0.2) is 4.39 Å². The van der Waals surface area contributed by atoms with E-state index >= 15 is 0 Å². The minimum atomic E-state index is -2.93. The highest BCUT2D eigenvalue weighted by molar-refractivity contribution is 7.79. The Morgan fingerprint density at radius 2 is 1.25 bits per heavy atom. The number of ether oxygens (including phenoxy) is 1. The molecule has 4 heteroatoms. The second-order valence-electron chi connectivity index (χ2n) is 5.83. The van der Waals surface area contributed by atoms with Crippen molar-refractivity contribution in [2.24, 2.45) is 0 Å². The first-order chi connectivity index (χ1) is 11.7. The summed E-state index contributed by atoms with van der Waals surface area (Å²) in [6.45, 7) is 0. The molecule has 0 bridgehead atoms. The van der Waals surface area contributed by atoms with E-state index < -0.39 is 13.0 Å². The Morgan fingerprint density at radius 1 is 0.750 bits per heavy atom. The molecular formula is C20H16FO2P. The van der Waals surface area contributed by atoms with Gasteiger partial charge in [-0.1, -0.05) is 72.8 Å². The topological polar surface area (TPSA) is 29.6 Å². The Bertz CT molecular complexity index is 835. The van der Waals surface area contributed by atoms with E-state index in [0.29, 0.717) is 0 Å². The van der Waals surface area contributed by atoms with Crippen LogP contribution in [0.3, 0.4) is 0 Å². The van der Waals surface area contributed by atoms with Crippen LogP contribution in [-0.4, -0.2) is 5.85 Å². The number of rotatable bonds is 4. The summed E-state index contributed by atoms with van der Waals surface area (Å²) in [5, 5.41) is 1.57. The zero-order chi connectivity index (χ0) is 16.6. The first-order valence-electron chi connectivity index (χ1n) is 7.81. The van der Waals surface area contributed by atoms with Gasteiger partial charge in [0.2, 0.25) is 0 Å². The van der Waals surface area contributed by atoms with Crippen LogP contribution in [0.5, 0.6) is 0 Å². The van der Waals surface area contributed by atoms with E-state index in [2.05, 4.69) is 0 Å². The first kappa shape index (κ1) is 15.3. The highest BCUT2D eigenvalue weighted by Crippen LogP contribution is 2.63. The first-order valence-corrected chi connectivity index (χ1v) is 9.59. The Hall–Kier alpha value is -2.22. The van der Waals surface area contributed by atoms with Crippen molar-refractivity contribution < 1.29 is 13.7 Å². The monoisotopic (exact) mass is 338 g/mol. The van der Waals surface area contributed by atoms with Crippen molar-refractivity contribution in [3.05, 3.63) is 96.3 Å². The molecule has 2 atom stereocenters. The Balaban J connectivity index is 1.76. The third-order valence-electron chi connectivity index (χ3n) is 4.30. The fourth-order valence-corrected chi connectivity index (χ4v) is 5.99. The lowest BCUT2D eigenvalue weighted by Crippen LogP contribution is -2.19. The van der Waals surface area contributed by atoms with Crippen molar-refractivity contribution in [1.82, 2.24) is 0 Å². The smallest absolute Gasteiger partial charge is 0.173 e. The second-order valence-corrected chi connectivity index (χ2v) is 8.69. The minimum absolute atomic E-state index is 0.267. The van der Waals surface area contributed by atoms with E-state index in [1.165, 1.54) is 12.1 Å². The van der Waals surface area contributed by atoms with Gasteiger partial charge in [0, 0.05) is 10.6 Å². The third-order valence-corrected chi connectivity index (χ3v) is 7.54. The summed E-state index contributed by atoms with van der Waals surface area (Å²) in [5.41, 5.74) is 0.855. The van der Waals surface area contributed by atoms with Gasteiger partial charge in [-0.2, -0.15) is 0 Å². The van der Waals surface area contributed by atoms with Gasteiger partial charge < -0.3 is 9.30 Å². The molecule has 1 aliphatic rings. The van der Waals surface area contributed by atoms with Crippen LogP contribution >= 0.6 is 7.14 Å². The average molecular weight is 338 g/mol. The summed E-state index contributed by atoms with van der Waals surface area (Å²) >= 11 is 0. The van der Waals surface area contributed by atoms with Crippen LogP contribution in [0.15, 0.2) is 84.9 Å². The molecule has 24 heavy (non-hydrogen) atoms. The number of halogens is 1. The molecule has 0 unspecified atom stereocenters. The van der Waals surface area contributed by atoms with Crippen molar-refractivity contribution in [3.63, 3.8) is 0 Å². The van der Waals surface area contributed by atoms with E-state index in [0.717, 1.165) is 16.2 Å². The highest BCUT2D eigenvalue weighted by atomic mass is 31.2. The third kappa shape index (κ3) is 2.60. The van der Waals surface area contributed by atoms with Crippen LogP contribution in [0.4, 0.5) is 4.39 Å². The number of benzene rings is 3. The van der Waals surface area contributed by atoms with Gasteiger partial charge in [0.1, 0.15) is 17.8 Å².